The number of nitrogens with zero attached hydrogens (tertiary/aromatic N) is 4. The lowest BCUT2D eigenvalue weighted by Gasteiger charge is -2.09. The summed E-state index contributed by atoms with van der Waals surface area (Å²) in [4.78, 5) is 29.2. The van der Waals surface area contributed by atoms with Crippen molar-refractivity contribution in [1.82, 2.24) is 18.7 Å². The van der Waals surface area contributed by atoms with Crippen LogP contribution in [0.15, 0.2) is 40.2 Å². The molecule has 0 N–H and O–H groups in total. The monoisotopic (exact) mass is 386 g/mol. The maximum Gasteiger partial charge on any atom is 0.332 e. The lowest BCUT2D eigenvalue weighted by atomic mass is 10.2. The quantitative estimate of drug-likeness (QED) is 0.526. The molecule has 8 nitrogen and oxygen atoms in total. The summed E-state index contributed by atoms with van der Waals surface area (Å²) < 4.78 is 15.2. The molecule has 0 saturated carbocycles. The third-order valence-electron chi connectivity index (χ3n) is 4.81. The Kier molecular flexibility index (Phi) is 6.18. The zero-order valence-electron chi connectivity index (χ0n) is 16.6. The maximum atomic E-state index is 12.6. The molecule has 0 amide bonds. The molecule has 0 saturated heterocycles. The molecule has 28 heavy (non-hydrogen) atoms. The summed E-state index contributed by atoms with van der Waals surface area (Å²) in [7, 11) is 5.03. The number of rotatable bonds is 9. The molecular weight excluding hydrogens is 360 g/mol. The van der Waals surface area contributed by atoms with Gasteiger partial charge in [0, 0.05) is 20.6 Å². The fraction of sp³-hybridized carbons (Fsp3) is 0.450. The van der Waals surface area contributed by atoms with Crippen LogP contribution < -0.4 is 20.7 Å². The molecule has 0 spiro atoms. The minimum atomic E-state index is -0.320. The van der Waals surface area contributed by atoms with Gasteiger partial charge in [0.1, 0.15) is 11.5 Å². The van der Waals surface area contributed by atoms with Gasteiger partial charge in [-0.15, -0.1) is 0 Å². The van der Waals surface area contributed by atoms with Crippen molar-refractivity contribution in [2.24, 2.45) is 14.1 Å². The molecular formula is C20H26N4O4. The van der Waals surface area contributed by atoms with Crippen LogP contribution in [0.25, 0.3) is 11.2 Å². The van der Waals surface area contributed by atoms with E-state index in [1.54, 1.807) is 32.1 Å². The van der Waals surface area contributed by atoms with E-state index < -0.39 is 0 Å². The Bertz CT molecular complexity index is 1050. The third-order valence-corrected chi connectivity index (χ3v) is 4.81. The van der Waals surface area contributed by atoms with E-state index in [0.717, 1.165) is 37.2 Å². The van der Waals surface area contributed by atoms with Crippen molar-refractivity contribution in [3.63, 3.8) is 0 Å². The Balaban J connectivity index is 1.47. The molecule has 1 aromatic carbocycles. The van der Waals surface area contributed by atoms with Gasteiger partial charge in [-0.2, -0.15) is 0 Å². The fourth-order valence-corrected chi connectivity index (χ4v) is 3.18. The number of aryl methyl sites for hydroxylation is 2. The summed E-state index contributed by atoms with van der Waals surface area (Å²) in [6, 6.07) is 7.50. The first-order valence-electron chi connectivity index (χ1n) is 9.40. The predicted octanol–water partition coefficient (Wildman–Crippen LogP) is 2.08. The van der Waals surface area contributed by atoms with E-state index >= 15 is 0 Å². The molecule has 0 aliphatic heterocycles. The zero-order valence-corrected chi connectivity index (χ0v) is 16.6. The Hall–Kier alpha value is -3.03. The van der Waals surface area contributed by atoms with E-state index in [0.29, 0.717) is 24.3 Å². The molecule has 150 valence electrons. The molecule has 8 heteroatoms. The number of aromatic nitrogens is 4. The van der Waals surface area contributed by atoms with Gasteiger partial charge in [0.25, 0.3) is 5.56 Å². The van der Waals surface area contributed by atoms with Crippen molar-refractivity contribution in [3.8, 4) is 11.5 Å². The van der Waals surface area contributed by atoms with Gasteiger partial charge >= 0.3 is 5.69 Å². The van der Waals surface area contributed by atoms with Gasteiger partial charge in [0.2, 0.25) is 0 Å². The van der Waals surface area contributed by atoms with E-state index in [-0.39, 0.29) is 11.2 Å². The second-order valence-electron chi connectivity index (χ2n) is 6.76. The highest BCUT2D eigenvalue weighted by Crippen LogP contribution is 2.17. The molecule has 0 aliphatic carbocycles. The smallest absolute Gasteiger partial charge is 0.332 e. The fourth-order valence-electron chi connectivity index (χ4n) is 3.18. The zero-order chi connectivity index (χ0) is 20.1. The first-order chi connectivity index (χ1) is 13.5. The molecule has 2 heterocycles. The first kappa shape index (κ1) is 19.7. The van der Waals surface area contributed by atoms with Gasteiger partial charge in [-0.1, -0.05) is 12.8 Å². The highest BCUT2D eigenvalue weighted by atomic mass is 16.5. The van der Waals surface area contributed by atoms with Crippen LogP contribution in [0, 0.1) is 0 Å². The van der Waals surface area contributed by atoms with Crippen molar-refractivity contribution in [3.05, 3.63) is 51.4 Å². The van der Waals surface area contributed by atoms with Gasteiger partial charge in [-0.25, -0.2) is 9.78 Å². The molecule has 0 fully saturated rings. The van der Waals surface area contributed by atoms with Gasteiger partial charge in [0.15, 0.2) is 11.2 Å². The highest BCUT2D eigenvalue weighted by molar-refractivity contribution is 5.69. The van der Waals surface area contributed by atoms with E-state index in [4.69, 9.17) is 9.47 Å². The van der Waals surface area contributed by atoms with E-state index in [1.807, 2.05) is 24.3 Å². The summed E-state index contributed by atoms with van der Waals surface area (Å²) >= 11 is 0. The molecule has 0 aliphatic rings. The minimum absolute atomic E-state index is 0.277. The normalized spacial score (nSPS) is 11.1. The molecule has 3 aromatic rings. The van der Waals surface area contributed by atoms with Crippen LogP contribution >= 0.6 is 0 Å². The average molecular weight is 386 g/mol. The topological polar surface area (TPSA) is 80.3 Å². The lowest BCUT2D eigenvalue weighted by molar-refractivity contribution is 0.303. The number of hydrogen-bond acceptors (Lipinski definition) is 5. The van der Waals surface area contributed by atoms with Crippen LogP contribution in [0.4, 0.5) is 0 Å². The predicted molar refractivity (Wildman–Crippen MR) is 107 cm³/mol. The number of unbranched alkanes of at least 4 members (excludes halogenated alkanes) is 3. The molecule has 0 atom stereocenters. The number of imidazole rings is 1. The standard InChI is InChI=1S/C20H26N4O4/c1-22-14-21-18-17(22)19(25)24(20(26)23(18)2)12-6-4-5-7-13-28-16-10-8-15(27-3)9-11-16/h8-11,14H,4-7,12-13H2,1-3H3. The van der Waals surface area contributed by atoms with Gasteiger partial charge in [-0.05, 0) is 37.1 Å². The number of ether oxygens (including phenoxy) is 2. The molecule has 0 radical (unpaired) electrons. The summed E-state index contributed by atoms with van der Waals surface area (Å²) in [5.41, 5.74) is 0.277. The Morgan fingerprint density at radius 1 is 0.964 bits per heavy atom. The van der Waals surface area contributed by atoms with Crippen molar-refractivity contribution in [2.45, 2.75) is 32.2 Å². The van der Waals surface area contributed by atoms with Gasteiger partial charge in [-0.3, -0.25) is 13.9 Å². The van der Waals surface area contributed by atoms with Crippen LogP contribution in [-0.4, -0.2) is 32.4 Å². The number of benzene rings is 1. The minimum Gasteiger partial charge on any atom is -0.497 e. The average Bonchev–Trinajstić information content (AvgIpc) is 3.10. The summed E-state index contributed by atoms with van der Waals surface area (Å²) in [6.45, 7) is 1.04. The van der Waals surface area contributed by atoms with E-state index in [9.17, 15) is 9.59 Å². The highest BCUT2D eigenvalue weighted by Gasteiger charge is 2.14. The largest absolute Gasteiger partial charge is 0.497 e. The second kappa shape index (κ2) is 8.77. The Morgan fingerprint density at radius 3 is 2.36 bits per heavy atom. The second-order valence-corrected chi connectivity index (χ2v) is 6.76. The van der Waals surface area contributed by atoms with Crippen LogP contribution in [-0.2, 0) is 20.6 Å². The number of fused-ring (bicyclic) bond motifs is 1. The van der Waals surface area contributed by atoms with Gasteiger partial charge in [0.05, 0.1) is 20.0 Å². The van der Waals surface area contributed by atoms with Crippen LogP contribution in [0.2, 0.25) is 0 Å². The van der Waals surface area contributed by atoms with Crippen molar-refractivity contribution >= 4 is 11.2 Å². The number of methoxy groups -OCH3 is 1. The summed E-state index contributed by atoms with van der Waals surface area (Å²) in [5.74, 6) is 1.62. The molecule has 2 aromatic heterocycles. The molecule has 3 rings (SSSR count). The van der Waals surface area contributed by atoms with Gasteiger partial charge < -0.3 is 14.0 Å². The van der Waals surface area contributed by atoms with Crippen molar-refractivity contribution in [2.75, 3.05) is 13.7 Å². The Labute approximate surface area is 163 Å². The van der Waals surface area contributed by atoms with E-state index in [1.165, 1.54) is 9.13 Å². The third kappa shape index (κ3) is 4.11. The molecule has 0 unspecified atom stereocenters. The van der Waals surface area contributed by atoms with Crippen LogP contribution in [0.1, 0.15) is 25.7 Å². The Morgan fingerprint density at radius 2 is 1.64 bits per heavy atom. The first-order valence-corrected chi connectivity index (χ1v) is 9.40. The van der Waals surface area contributed by atoms with Crippen LogP contribution in [0.5, 0.6) is 11.5 Å². The maximum absolute atomic E-state index is 12.6. The van der Waals surface area contributed by atoms with Crippen LogP contribution in [0.3, 0.4) is 0 Å². The van der Waals surface area contributed by atoms with Crippen molar-refractivity contribution < 1.29 is 9.47 Å². The SMILES string of the molecule is COc1ccc(OCCCCCCn2c(=O)c3c(ncn3C)n(C)c2=O)cc1. The number of hydrogen-bond donors (Lipinski definition) is 0. The summed E-state index contributed by atoms with van der Waals surface area (Å²) in [5, 5.41) is 0. The van der Waals surface area contributed by atoms with E-state index in [2.05, 4.69) is 4.98 Å². The molecule has 0 bridgehead atoms. The summed E-state index contributed by atoms with van der Waals surface area (Å²) in [6.07, 6.45) is 5.13. The van der Waals surface area contributed by atoms with Crippen molar-refractivity contribution in [1.29, 1.82) is 0 Å². The lowest BCUT2D eigenvalue weighted by Crippen LogP contribution is -2.39.